The van der Waals surface area contributed by atoms with E-state index in [0.717, 1.165) is 64.0 Å². The quantitative estimate of drug-likeness (QED) is 0.675. The van der Waals surface area contributed by atoms with Crippen molar-refractivity contribution in [2.75, 3.05) is 39.3 Å². The number of unbranched alkanes of at least 4 members (excludes halogenated alkanes) is 1. The van der Waals surface area contributed by atoms with Gasteiger partial charge in [-0.15, -0.1) is 0 Å². The molecule has 0 bridgehead atoms. The highest BCUT2D eigenvalue weighted by Gasteiger charge is 2.33. The van der Waals surface area contributed by atoms with Crippen molar-refractivity contribution in [2.45, 2.75) is 45.3 Å². The smallest absolute Gasteiger partial charge is 0.409 e. The van der Waals surface area contributed by atoms with Gasteiger partial charge in [-0.1, -0.05) is 43.7 Å². The van der Waals surface area contributed by atoms with Crippen molar-refractivity contribution in [1.82, 2.24) is 15.1 Å². The second kappa shape index (κ2) is 11.0. The minimum Gasteiger partial charge on any atom is -0.449 e. The maximum atomic E-state index is 12.0. The predicted octanol–water partition coefficient (Wildman–Crippen LogP) is 3.25. The maximum absolute atomic E-state index is 12.0. The van der Waals surface area contributed by atoms with Crippen molar-refractivity contribution in [3.05, 3.63) is 35.9 Å². The van der Waals surface area contributed by atoms with E-state index in [-0.39, 0.29) is 18.2 Å². The number of nitrogens with one attached hydrogen (secondary N) is 1. The number of hydrogen-bond acceptors (Lipinski definition) is 5. The molecule has 3 rings (SSSR count). The Labute approximate surface area is 173 Å². The fourth-order valence-corrected chi connectivity index (χ4v) is 3.79. The first-order valence-electron chi connectivity index (χ1n) is 10.7. The van der Waals surface area contributed by atoms with E-state index >= 15 is 0 Å². The summed E-state index contributed by atoms with van der Waals surface area (Å²) in [6.07, 6.45) is 3.29. The SMILES string of the molecule is CCCCOC(=O)N1CC(CN2CCC(NC(=O)OCc3ccccc3)CC2)C1. The van der Waals surface area contributed by atoms with Gasteiger partial charge in [0.15, 0.2) is 0 Å². The van der Waals surface area contributed by atoms with Crippen molar-refractivity contribution in [3.63, 3.8) is 0 Å². The number of hydrogen-bond donors (Lipinski definition) is 1. The molecule has 1 N–H and O–H groups in total. The van der Waals surface area contributed by atoms with Crippen LogP contribution in [0.15, 0.2) is 30.3 Å². The standard InChI is InChI=1S/C22H33N3O4/c1-2-3-13-28-22(27)25-15-19(16-25)14-24-11-9-20(10-12-24)23-21(26)29-17-18-7-5-4-6-8-18/h4-8,19-20H,2-3,9-17H2,1H3,(H,23,26). The van der Waals surface area contributed by atoms with Gasteiger partial charge in [0.1, 0.15) is 6.61 Å². The fourth-order valence-electron chi connectivity index (χ4n) is 3.79. The van der Waals surface area contributed by atoms with E-state index in [0.29, 0.717) is 19.1 Å². The molecule has 0 unspecified atom stereocenters. The van der Waals surface area contributed by atoms with E-state index in [9.17, 15) is 9.59 Å². The van der Waals surface area contributed by atoms with Gasteiger partial charge in [0, 0.05) is 44.7 Å². The van der Waals surface area contributed by atoms with Crippen LogP contribution in [0.25, 0.3) is 0 Å². The van der Waals surface area contributed by atoms with Crippen LogP contribution in [0.4, 0.5) is 9.59 Å². The molecule has 2 aliphatic heterocycles. The Morgan fingerprint density at radius 1 is 1.10 bits per heavy atom. The molecule has 2 saturated heterocycles. The van der Waals surface area contributed by atoms with Gasteiger partial charge in [-0.3, -0.25) is 0 Å². The molecule has 0 spiro atoms. The lowest BCUT2D eigenvalue weighted by Crippen LogP contribution is -2.55. The molecule has 160 valence electrons. The molecule has 2 amide bonds. The molecule has 7 nitrogen and oxygen atoms in total. The zero-order chi connectivity index (χ0) is 20.5. The highest BCUT2D eigenvalue weighted by Crippen LogP contribution is 2.20. The number of nitrogens with zero attached hydrogens (tertiary/aromatic N) is 2. The van der Waals surface area contributed by atoms with Gasteiger partial charge in [0.2, 0.25) is 0 Å². The first kappa shape index (κ1) is 21.4. The van der Waals surface area contributed by atoms with E-state index in [1.807, 2.05) is 30.3 Å². The number of ether oxygens (including phenoxy) is 2. The van der Waals surface area contributed by atoms with E-state index in [1.54, 1.807) is 4.90 Å². The molecule has 0 atom stereocenters. The monoisotopic (exact) mass is 403 g/mol. The van der Waals surface area contributed by atoms with E-state index < -0.39 is 0 Å². The summed E-state index contributed by atoms with van der Waals surface area (Å²) in [5.74, 6) is 0.522. The summed E-state index contributed by atoms with van der Waals surface area (Å²) in [5.41, 5.74) is 0.987. The Balaban J connectivity index is 1.25. The molecule has 0 radical (unpaired) electrons. The van der Waals surface area contributed by atoms with E-state index in [2.05, 4.69) is 17.1 Å². The Kier molecular flexibility index (Phi) is 8.16. The minimum atomic E-state index is -0.344. The molecular weight excluding hydrogens is 370 g/mol. The number of carbonyl (C=O) groups is 2. The third kappa shape index (κ3) is 6.92. The molecule has 2 heterocycles. The summed E-state index contributed by atoms with van der Waals surface area (Å²) < 4.78 is 10.6. The van der Waals surface area contributed by atoms with Crippen LogP contribution in [0.3, 0.4) is 0 Å². The van der Waals surface area contributed by atoms with Crippen LogP contribution in [-0.2, 0) is 16.1 Å². The van der Waals surface area contributed by atoms with Crippen molar-refractivity contribution >= 4 is 12.2 Å². The summed E-state index contributed by atoms with van der Waals surface area (Å²) in [6.45, 7) is 7.39. The zero-order valence-corrected chi connectivity index (χ0v) is 17.3. The van der Waals surface area contributed by atoms with E-state index in [4.69, 9.17) is 9.47 Å². The molecule has 0 aliphatic carbocycles. The van der Waals surface area contributed by atoms with Crippen LogP contribution in [0.1, 0.15) is 38.2 Å². The normalized spacial score (nSPS) is 18.2. The number of alkyl carbamates (subject to hydrolysis) is 1. The summed E-state index contributed by atoms with van der Waals surface area (Å²) in [5, 5.41) is 2.98. The molecule has 2 aliphatic rings. The lowest BCUT2D eigenvalue weighted by molar-refractivity contribution is 0.0359. The lowest BCUT2D eigenvalue weighted by atomic mass is 9.98. The maximum Gasteiger partial charge on any atom is 0.409 e. The zero-order valence-electron chi connectivity index (χ0n) is 17.3. The van der Waals surface area contributed by atoms with Crippen LogP contribution < -0.4 is 5.32 Å². The van der Waals surface area contributed by atoms with Crippen molar-refractivity contribution < 1.29 is 19.1 Å². The summed E-state index contributed by atoms with van der Waals surface area (Å²) in [6, 6.07) is 9.86. The van der Waals surface area contributed by atoms with Crippen LogP contribution in [-0.4, -0.2) is 67.4 Å². The molecule has 7 heteroatoms. The Hall–Kier alpha value is -2.28. The van der Waals surface area contributed by atoms with Gasteiger partial charge < -0.3 is 24.6 Å². The van der Waals surface area contributed by atoms with Gasteiger partial charge in [-0.2, -0.15) is 0 Å². The molecule has 0 aromatic heterocycles. The Morgan fingerprint density at radius 2 is 1.83 bits per heavy atom. The van der Waals surface area contributed by atoms with Crippen molar-refractivity contribution in [3.8, 4) is 0 Å². The summed E-state index contributed by atoms with van der Waals surface area (Å²) in [4.78, 5) is 28.1. The van der Waals surface area contributed by atoms with Crippen molar-refractivity contribution in [1.29, 1.82) is 0 Å². The van der Waals surface area contributed by atoms with Crippen LogP contribution in [0, 0.1) is 5.92 Å². The van der Waals surface area contributed by atoms with Gasteiger partial charge in [-0.05, 0) is 24.8 Å². The highest BCUT2D eigenvalue weighted by molar-refractivity contribution is 5.68. The molecule has 2 fully saturated rings. The third-order valence-corrected chi connectivity index (χ3v) is 5.58. The van der Waals surface area contributed by atoms with Gasteiger partial charge in [0.25, 0.3) is 0 Å². The van der Waals surface area contributed by atoms with Gasteiger partial charge in [0.05, 0.1) is 6.61 Å². The van der Waals surface area contributed by atoms with Gasteiger partial charge in [-0.25, -0.2) is 9.59 Å². The average Bonchev–Trinajstić information content (AvgIpc) is 2.71. The number of amides is 2. The molecule has 0 saturated carbocycles. The van der Waals surface area contributed by atoms with Crippen LogP contribution >= 0.6 is 0 Å². The molecule has 29 heavy (non-hydrogen) atoms. The third-order valence-electron chi connectivity index (χ3n) is 5.58. The number of piperidine rings is 1. The fraction of sp³-hybridized carbons (Fsp3) is 0.636. The number of benzene rings is 1. The topological polar surface area (TPSA) is 71.1 Å². The first-order valence-corrected chi connectivity index (χ1v) is 10.7. The number of carbonyl (C=O) groups excluding carboxylic acids is 2. The summed E-state index contributed by atoms with van der Waals surface area (Å²) in [7, 11) is 0. The number of likely N-dealkylation sites (tertiary alicyclic amines) is 2. The van der Waals surface area contributed by atoms with E-state index in [1.165, 1.54) is 0 Å². The number of rotatable bonds is 8. The molecule has 1 aromatic carbocycles. The van der Waals surface area contributed by atoms with Gasteiger partial charge >= 0.3 is 12.2 Å². The summed E-state index contributed by atoms with van der Waals surface area (Å²) >= 11 is 0. The van der Waals surface area contributed by atoms with Crippen molar-refractivity contribution in [2.24, 2.45) is 5.92 Å². The first-order chi connectivity index (χ1) is 14.1. The largest absolute Gasteiger partial charge is 0.449 e. The minimum absolute atomic E-state index is 0.168. The van der Waals surface area contributed by atoms with Crippen LogP contribution in [0.2, 0.25) is 0 Å². The second-order valence-electron chi connectivity index (χ2n) is 8.02. The molecule has 1 aromatic rings. The Morgan fingerprint density at radius 3 is 2.52 bits per heavy atom. The molecular formula is C22H33N3O4. The Bertz CT molecular complexity index is 641. The second-order valence-corrected chi connectivity index (χ2v) is 8.02. The highest BCUT2D eigenvalue weighted by atomic mass is 16.6. The average molecular weight is 404 g/mol. The van der Waals surface area contributed by atoms with Crippen LogP contribution in [0.5, 0.6) is 0 Å². The lowest BCUT2D eigenvalue weighted by Gasteiger charge is -2.42. The predicted molar refractivity (Wildman–Crippen MR) is 111 cm³/mol.